The Morgan fingerprint density at radius 2 is 2.05 bits per heavy atom. The van der Waals surface area contributed by atoms with Crippen LogP contribution in [-0.4, -0.2) is 38.9 Å². The predicted octanol–water partition coefficient (Wildman–Crippen LogP) is 3.04. The van der Waals surface area contributed by atoms with Crippen molar-refractivity contribution >= 4 is 16.5 Å². The Kier molecular flexibility index (Phi) is 4.73. The van der Waals surface area contributed by atoms with Gasteiger partial charge in [0.25, 0.3) is 0 Å². The summed E-state index contributed by atoms with van der Waals surface area (Å²) in [6.07, 6.45) is 1.12. The molecular formula is C18H24N2O. The average molecular weight is 284 g/mol. The van der Waals surface area contributed by atoms with Gasteiger partial charge >= 0.3 is 0 Å². The summed E-state index contributed by atoms with van der Waals surface area (Å²) in [7, 11) is 0. The van der Waals surface area contributed by atoms with Crippen molar-refractivity contribution in [1.29, 1.82) is 0 Å². The van der Waals surface area contributed by atoms with Gasteiger partial charge in [-0.25, -0.2) is 0 Å². The highest BCUT2D eigenvalue weighted by atomic mass is 16.5. The lowest BCUT2D eigenvalue weighted by Crippen LogP contribution is -2.43. The van der Waals surface area contributed by atoms with Crippen molar-refractivity contribution < 1.29 is 4.74 Å². The molecule has 0 radical (unpaired) electrons. The van der Waals surface area contributed by atoms with Crippen molar-refractivity contribution in [1.82, 2.24) is 5.32 Å². The zero-order valence-corrected chi connectivity index (χ0v) is 12.7. The molecule has 21 heavy (non-hydrogen) atoms. The van der Waals surface area contributed by atoms with Crippen LogP contribution in [0.5, 0.6) is 0 Å². The van der Waals surface area contributed by atoms with E-state index in [0.29, 0.717) is 6.04 Å². The third-order valence-electron chi connectivity index (χ3n) is 4.23. The maximum atomic E-state index is 5.54. The van der Waals surface area contributed by atoms with Crippen molar-refractivity contribution in [3.05, 3.63) is 42.5 Å². The molecule has 1 fully saturated rings. The molecule has 1 heterocycles. The van der Waals surface area contributed by atoms with E-state index in [2.05, 4.69) is 59.6 Å². The van der Waals surface area contributed by atoms with Gasteiger partial charge in [-0.3, -0.25) is 0 Å². The smallest absolute Gasteiger partial charge is 0.0620 e. The van der Waals surface area contributed by atoms with E-state index in [0.717, 1.165) is 39.3 Å². The number of hydrogen-bond acceptors (Lipinski definition) is 3. The topological polar surface area (TPSA) is 24.5 Å². The van der Waals surface area contributed by atoms with Crippen LogP contribution in [-0.2, 0) is 4.74 Å². The fraction of sp³-hybridized carbons (Fsp3) is 0.444. The summed E-state index contributed by atoms with van der Waals surface area (Å²) in [6.45, 7) is 6.98. The number of nitrogens with one attached hydrogen (secondary N) is 1. The van der Waals surface area contributed by atoms with Crippen LogP contribution < -0.4 is 10.2 Å². The monoisotopic (exact) mass is 284 g/mol. The Morgan fingerprint density at radius 1 is 1.19 bits per heavy atom. The summed E-state index contributed by atoms with van der Waals surface area (Å²) < 4.78 is 5.54. The Hall–Kier alpha value is -1.58. The van der Waals surface area contributed by atoms with Crippen LogP contribution >= 0.6 is 0 Å². The van der Waals surface area contributed by atoms with Crippen LogP contribution in [0.25, 0.3) is 10.8 Å². The van der Waals surface area contributed by atoms with Crippen LogP contribution in [0.1, 0.15) is 13.3 Å². The second-order valence-corrected chi connectivity index (χ2v) is 5.59. The first-order valence-corrected chi connectivity index (χ1v) is 7.92. The zero-order chi connectivity index (χ0) is 14.5. The fourth-order valence-electron chi connectivity index (χ4n) is 3.05. The van der Waals surface area contributed by atoms with E-state index in [4.69, 9.17) is 4.74 Å². The highest BCUT2D eigenvalue weighted by Gasteiger charge is 2.15. The van der Waals surface area contributed by atoms with Gasteiger partial charge in [-0.1, -0.05) is 36.4 Å². The van der Waals surface area contributed by atoms with Crippen molar-refractivity contribution in [2.75, 3.05) is 37.7 Å². The van der Waals surface area contributed by atoms with Gasteiger partial charge in [-0.2, -0.15) is 0 Å². The summed E-state index contributed by atoms with van der Waals surface area (Å²) in [5.74, 6) is 0. The highest BCUT2D eigenvalue weighted by Crippen LogP contribution is 2.26. The molecule has 1 N–H and O–H groups in total. The van der Waals surface area contributed by atoms with Crippen LogP contribution in [0.4, 0.5) is 5.69 Å². The van der Waals surface area contributed by atoms with Gasteiger partial charge in [0.05, 0.1) is 13.2 Å². The predicted molar refractivity (Wildman–Crippen MR) is 89.1 cm³/mol. The molecule has 0 aromatic heterocycles. The summed E-state index contributed by atoms with van der Waals surface area (Å²) in [4.78, 5) is 2.47. The molecule has 3 heteroatoms. The number of anilines is 1. The molecule has 1 aliphatic heterocycles. The number of morpholine rings is 1. The lowest BCUT2D eigenvalue weighted by molar-refractivity contribution is 0.0748. The van der Waals surface area contributed by atoms with Crippen molar-refractivity contribution in [2.45, 2.75) is 19.4 Å². The lowest BCUT2D eigenvalue weighted by atomic mass is 10.1. The SMILES string of the molecule is CCN(CCC1COCCN1)c1cccc2ccccc12. The van der Waals surface area contributed by atoms with Crippen LogP contribution in [0.15, 0.2) is 42.5 Å². The van der Waals surface area contributed by atoms with Gasteiger partial charge in [0.2, 0.25) is 0 Å². The van der Waals surface area contributed by atoms with Crippen LogP contribution in [0, 0.1) is 0 Å². The zero-order valence-electron chi connectivity index (χ0n) is 12.7. The molecule has 1 aliphatic rings. The van der Waals surface area contributed by atoms with Crippen molar-refractivity contribution in [3.63, 3.8) is 0 Å². The summed E-state index contributed by atoms with van der Waals surface area (Å²) in [6, 6.07) is 15.7. The first kappa shape index (κ1) is 14.4. The van der Waals surface area contributed by atoms with Crippen molar-refractivity contribution in [3.8, 4) is 0 Å². The van der Waals surface area contributed by atoms with E-state index in [1.807, 2.05) is 0 Å². The van der Waals surface area contributed by atoms with Gasteiger partial charge < -0.3 is 15.0 Å². The average Bonchev–Trinajstić information content (AvgIpc) is 2.56. The molecule has 1 atom stereocenters. The first-order valence-electron chi connectivity index (χ1n) is 7.92. The number of benzene rings is 2. The Bertz CT molecular complexity index is 573. The van der Waals surface area contributed by atoms with Gasteiger partial charge in [-0.15, -0.1) is 0 Å². The number of hydrogen-bond donors (Lipinski definition) is 1. The van der Waals surface area contributed by atoms with Gasteiger partial charge in [0.1, 0.15) is 0 Å². The molecular weight excluding hydrogens is 260 g/mol. The number of rotatable bonds is 5. The molecule has 0 amide bonds. The minimum Gasteiger partial charge on any atom is -0.379 e. The molecule has 2 aromatic rings. The van der Waals surface area contributed by atoms with Crippen molar-refractivity contribution in [2.24, 2.45) is 0 Å². The highest BCUT2D eigenvalue weighted by molar-refractivity contribution is 5.94. The molecule has 0 saturated carbocycles. The molecule has 0 bridgehead atoms. The fourth-order valence-corrected chi connectivity index (χ4v) is 3.05. The van der Waals surface area contributed by atoms with E-state index in [1.54, 1.807) is 0 Å². The second kappa shape index (κ2) is 6.92. The van der Waals surface area contributed by atoms with E-state index in [-0.39, 0.29) is 0 Å². The summed E-state index contributed by atoms with van der Waals surface area (Å²) in [5.41, 5.74) is 1.34. The van der Waals surface area contributed by atoms with Gasteiger partial charge in [0.15, 0.2) is 0 Å². The number of nitrogens with zero attached hydrogens (tertiary/aromatic N) is 1. The van der Waals surface area contributed by atoms with Gasteiger partial charge in [0, 0.05) is 36.7 Å². The molecule has 2 aromatic carbocycles. The minimum absolute atomic E-state index is 0.489. The van der Waals surface area contributed by atoms with E-state index < -0.39 is 0 Å². The standard InChI is InChI=1S/C18H24N2O/c1-2-20(12-10-16-14-21-13-11-19-16)18-9-5-7-15-6-3-4-8-17(15)18/h3-9,16,19H,2,10-14H2,1H3. The molecule has 112 valence electrons. The first-order chi connectivity index (χ1) is 10.4. The molecule has 1 saturated heterocycles. The lowest BCUT2D eigenvalue weighted by Gasteiger charge is -2.29. The van der Waals surface area contributed by atoms with E-state index >= 15 is 0 Å². The maximum absolute atomic E-state index is 5.54. The third-order valence-corrected chi connectivity index (χ3v) is 4.23. The molecule has 0 aliphatic carbocycles. The Labute approximate surface area is 126 Å². The van der Waals surface area contributed by atoms with E-state index in [1.165, 1.54) is 16.5 Å². The van der Waals surface area contributed by atoms with E-state index in [9.17, 15) is 0 Å². The minimum atomic E-state index is 0.489. The molecule has 3 nitrogen and oxygen atoms in total. The molecule has 1 unspecified atom stereocenters. The number of ether oxygens (including phenoxy) is 1. The van der Waals surface area contributed by atoms with Crippen LogP contribution in [0.2, 0.25) is 0 Å². The van der Waals surface area contributed by atoms with Crippen LogP contribution in [0.3, 0.4) is 0 Å². The third kappa shape index (κ3) is 3.36. The normalized spacial score (nSPS) is 18.8. The Morgan fingerprint density at radius 3 is 2.86 bits per heavy atom. The summed E-state index contributed by atoms with van der Waals surface area (Å²) >= 11 is 0. The summed E-state index contributed by atoms with van der Waals surface area (Å²) in [5, 5.41) is 6.19. The molecule has 0 spiro atoms. The second-order valence-electron chi connectivity index (χ2n) is 5.59. The number of fused-ring (bicyclic) bond motifs is 1. The molecule has 3 rings (SSSR count). The largest absolute Gasteiger partial charge is 0.379 e. The quantitative estimate of drug-likeness (QED) is 0.913. The Balaban J connectivity index is 1.75. The van der Waals surface area contributed by atoms with Gasteiger partial charge in [-0.05, 0) is 24.8 Å². The maximum Gasteiger partial charge on any atom is 0.0620 e.